The minimum absolute atomic E-state index is 0.0313. The number of amides is 1. The molecule has 8 heteroatoms. The Kier molecular flexibility index (Phi) is 5.78. The van der Waals surface area contributed by atoms with Crippen molar-refractivity contribution in [3.05, 3.63) is 57.3 Å². The number of halogens is 2. The maximum Gasteiger partial charge on any atom is 0.342 e. The van der Waals surface area contributed by atoms with Gasteiger partial charge in [-0.15, -0.1) is 0 Å². The van der Waals surface area contributed by atoms with E-state index in [4.69, 9.17) is 16.3 Å². The molecule has 160 valence electrons. The fraction of sp³-hybridized carbons (Fsp3) is 0.409. The van der Waals surface area contributed by atoms with Crippen LogP contribution in [-0.2, 0) is 14.9 Å². The van der Waals surface area contributed by atoms with Crippen molar-refractivity contribution >= 4 is 29.1 Å². The number of esters is 1. The molecule has 1 amide bonds. The smallest absolute Gasteiger partial charge is 0.342 e. The zero-order valence-corrected chi connectivity index (χ0v) is 18.6. The van der Waals surface area contributed by atoms with Crippen LogP contribution in [-0.4, -0.2) is 39.6 Å². The number of aromatic nitrogens is 2. The van der Waals surface area contributed by atoms with Gasteiger partial charge in [0.05, 0.1) is 28.1 Å². The average molecular weight is 434 g/mol. The maximum atomic E-state index is 14.2. The quantitative estimate of drug-likeness (QED) is 0.721. The standard InChI is InChI=1S/C22H25ClFN3O3/c1-11(2)30-21(29)15-9-27(10-22(5,6)18-13(4)25-26-19(15)18)20(28)14-8-17(24)12(3)7-16(14)23/h7-9,11H,10H2,1-6H3,(H,25,26). The van der Waals surface area contributed by atoms with Crippen molar-refractivity contribution in [1.82, 2.24) is 15.1 Å². The Labute approximate surface area is 180 Å². The van der Waals surface area contributed by atoms with Gasteiger partial charge in [0.1, 0.15) is 11.4 Å². The fourth-order valence-electron chi connectivity index (χ4n) is 3.75. The van der Waals surface area contributed by atoms with E-state index < -0.39 is 23.1 Å². The molecule has 0 fully saturated rings. The van der Waals surface area contributed by atoms with Gasteiger partial charge in [-0.3, -0.25) is 9.89 Å². The van der Waals surface area contributed by atoms with Gasteiger partial charge in [0, 0.05) is 23.7 Å². The molecule has 0 aliphatic carbocycles. The number of aromatic amines is 1. The van der Waals surface area contributed by atoms with Crippen LogP contribution in [0.15, 0.2) is 18.3 Å². The van der Waals surface area contributed by atoms with Crippen LogP contribution in [0.2, 0.25) is 5.02 Å². The zero-order chi connectivity index (χ0) is 22.4. The number of fused-ring (bicyclic) bond motifs is 1. The summed E-state index contributed by atoms with van der Waals surface area (Å²) in [5, 5.41) is 7.32. The van der Waals surface area contributed by atoms with E-state index >= 15 is 0 Å². The van der Waals surface area contributed by atoms with Crippen LogP contribution >= 0.6 is 11.6 Å². The van der Waals surface area contributed by atoms with E-state index in [1.807, 2.05) is 20.8 Å². The van der Waals surface area contributed by atoms with Crippen LogP contribution in [0.1, 0.15) is 60.6 Å². The molecule has 6 nitrogen and oxygen atoms in total. The number of hydrogen-bond acceptors (Lipinski definition) is 4. The average Bonchev–Trinajstić information content (AvgIpc) is 2.96. The molecule has 2 heterocycles. The molecule has 2 aromatic rings. The van der Waals surface area contributed by atoms with E-state index in [1.165, 1.54) is 17.2 Å². The van der Waals surface area contributed by atoms with Crippen molar-refractivity contribution in [1.29, 1.82) is 0 Å². The van der Waals surface area contributed by atoms with Crippen molar-refractivity contribution in [3.8, 4) is 0 Å². The fourth-order valence-corrected chi connectivity index (χ4v) is 4.05. The van der Waals surface area contributed by atoms with Crippen LogP contribution in [0.25, 0.3) is 5.57 Å². The second kappa shape index (κ2) is 7.87. The van der Waals surface area contributed by atoms with Crippen molar-refractivity contribution in [2.45, 2.75) is 53.1 Å². The van der Waals surface area contributed by atoms with E-state index in [1.54, 1.807) is 20.8 Å². The lowest BCUT2D eigenvalue weighted by Gasteiger charge is -2.29. The van der Waals surface area contributed by atoms with Crippen LogP contribution in [0, 0.1) is 19.7 Å². The third kappa shape index (κ3) is 3.99. The summed E-state index contributed by atoms with van der Waals surface area (Å²) in [6.07, 6.45) is 1.10. The number of benzene rings is 1. The molecule has 1 aliphatic rings. The lowest BCUT2D eigenvalue weighted by atomic mass is 9.82. The molecule has 0 radical (unpaired) electrons. The number of nitrogens with zero attached hydrogens (tertiary/aromatic N) is 2. The highest BCUT2D eigenvalue weighted by Crippen LogP contribution is 2.37. The van der Waals surface area contributed by atoms with Gasteiger partial charge >= 0.3 is 5.97 Å². The van der Waals surface area contributed by atoms with Gasteiger partial charge in [0.15, 0.2) is 0 Å². The molecule has 30 heavy (non-hydrogen) atoms. The first kappa shape index (κ1) is 22.0. The molecular formula is C22H25ClFN3O3. The van der Waals surface area contributed by atoms with Gasteiger partial charge in [0.2, 0.25) is 0 Å². The number of rotatable bonds is 3. The lowest BCUT2D eigenvalue weighted by Crippen LogP contribution is -2.37. The summed E-state index contributed by atoms with van der Waals surface area (Å²) in [6, 6.07) is 2.55. The first-order valence-corrected chi connectivity index (χ1v) is 10.1. The molecule has 1 aromatic carbocycles. The third-order valence-corrected chi connectivity index (χ3v) is 5.36. The van der Waals surface area contributed by atoms with Crippen molar-refractivity contribution < 1.29 is 18.7 Å². The van der Waals surface area contributed by atoms with E-state index in [9.17, 15) is 14.0 Å². The number of H-pyrrole nitrogens is 1. The Morgan fingerprint density at radius 2 is 1.97 bits per heavy atom. The molecule has 1 aromatic heterocycles. The molecule has 0 atom stereocenters. The molecule has 0 spiro atoms. The molecule has 0 unspecified atom stereocenters. The highest BCUT2D eigenvalue weighted by atomic mass is 35.5. The SMILES string of the molecule is Cc1cc(Cl)c(C(=O)N2C=C(C(=O)OC(C)C)c3[nH]nc(C)c3C(C)(C)C2)cc1F. The van der Waals surface area contributed by atoms with Crippen molar-refractivity contribution in [3.63, 3.8) is 0 Å². The number of aryl methyl sites for hydroxylation is 2. The molecule has 0 saturated heterocycles. The lowest BCUT2D eigenvalue weighted by molar-refractivity contribution is -0.140. The molecule has 1 N–H and O–H groups in total. The first-order valence-electron chi connectivity index (χ1n) is 9.67. The number of nitrogens with one attached hydrogen (secondary N) is 1. The number of carbonyl (C=O) groups excluding carboxylic acids is 2. The normalized spacial score (nSPS) is 15.5. The first-order chi connectivity index (χ1) is 13.9. The van der Waals surface area contributed by atoms with Gasteiger partial charge in [-0.25, -0.2) is 9.18 Å². The molecule has 0 saturated carbocycles. The molecule has 0 bridgehead atoms. The minimum Gasteiger partial charge on any atom is -0.459 e. The number of carbonyl (C=O) groups is 2. The molecule has 1 aliphatic heterocycles. The zero-order valence-electron chi connectivity index (χ0n) is 17.9. The van der Waals surface area contributed by atoms with E-state index in [0.29, 0.717) is 11.3 Å². The predicted octanol–water partition coefficient (Wildman–Crippen LogP) is 4.55. The van der Waals surface area contributed by atoms with Gasteiger partial charge in [-0.1, -0.05) is 25.4 Å². The Bertz CT molecular complexity index is 1060. The highest BCUT2D eigenvalue weighted by Gasteiger charge is 2.38. The Balaban J connectivity index is 2.15. The van der Waals surface area contributed by atoms with Crippen LogP contribution in [0.5, 0.6) is 0 Å². The summed E-state index contributed by atoms with van der Waals surface area (Å²) in [4.78, 5) is 27.6. The second-order valence-electron chi connectivity index (χ2n) is 8.45. The summed E-state index contributed by atoms with van der Waals surface area (Å²) in [5.41, 5.74) is 2.08. The summed E-state index contributed by atoms with van der Waals surface area (Å²) in [7, 11) is 0. The predicted molar refractivity (Wildman–Crippen MR) is 113 cm³/mol. The van der Waals surface area contributed by atoms with E-state index in [0.717, 1.165) is 17.3 Å². The Hall–Kier alpha value is -2.67. The maximum absolute atomic E-state index is 14.2. The number of hydrogen-bond donors (Lipinski definition) is 1. The third-order valence-electron chi connectivity index (χ3n) is 5.05. The van der Waals surface area contributed by atoms with Gasteiger partial charge < -0.3 is 9.64 Å². The van der Waals surface area contributed by atoms with Crippen LogP contribution < -0.4 is 0 Å². The Morgan fingerprint density at radius 3 is 2.60 bits per heavy atom. The largest absolute Gasteiger partial charge is 0.459 e. The van der Waals surface area contributed by atoms with Crippen LogP contribution in [0.4, 0.5) is 4.39 Å². The summed E-state index contributed by atoms with van der Waals surface area (Å²) in [6.45, 7) is 11.1. The van der Waals surface area contributed by atoms with E-state index in [2.05, 4.69) is 10.2 Å². The van der Waals surface area contributed by atoms with E-state index in [-0.39, 0.29) is 28.8 Å². The topological polar surface area (TPSA) is 75.3 Å². The van der Waals surface area contributed by atoms with Gasteiger partial charge in [-0.05, 0) is 45.4 Å². The van der Waals surface area contributed by atoms with Crippen molar-refractivity contribution in [2.24, 2.45) is 0 Å². The van der Waals surface area contributed by atoms with Crippen molar-refractivity contribution in [2.75, 3.05) is 6.54 Å². The van der Waals surface area contributed by atoms with Crippen LogP contribution in [0.3, 0.4) is 0 Å². The van der Waals surface area contributed by atoms with Gasteiger partial charge in [-0.2, -0.15) is 5.10 Å². The minimum atomic E-state index is -0.577. The highest BCUT2D eigenvalue weighted by molar-refractivity contribution is 6.34. The molecular weight excluding hydrogens is 409 g/mol. The van der Waals surface area contributed by atoms with Gasteiger partial charge in [0.25, 0.3) is 5.91 Å². The number of ether oxygens (including phenoxy) is 1. The Morgan fingerprint density at radius 1 is 1.30 bits per heavy atom. The second-order valence-corrected chi connectivity index (χ2v) is 8.86. The monoisotopic (exact) mass is 433 g/mol. The summed E-state index contributed by atoms with van der Waals surface area (Å²) in [5.74, 6) is -1.60. The summed E-state index contributed by atoms with van der Waals surface area (Å²) < 4.78 is 19.5. The summed E-state index contributed by atoms with van der Waals surface area (Å²) >= 11 is 6.25. The molecule has 3 rings (SSSR count).